The maximum atomic E-state index is 13.2. The van der Waals surface area contributed by atoms with Crippen molar-refractivity contribution in [3.05, 3.63) is 35.6 Å². The molecular weight excluding hydrogens is 269 g/mol. The number of carbonyl (C=O) groups is 1. The minimum atomic E-state index is -0.439. The highest BCUT2D eigenvalue weighted by atomic mass is 19.1. The van der Waals surface area contributed by atoms with E-state index in [-0.39, 0.29) is 29.5 Å². The number of fused-ring (bicyclic) bond motifs is 2. The second kappa shape index (κ2) is 5.50. The molecule has 2 fully saturated rings. The number of carbonyl (C=O) groups excluding carboxylic acids is 1. The summed E-state index contributed by atoms with van der Waals surface area (Å²) >= 11 is 0. The van der Waals surface area contributed by atoms with E-state index in [9.17, 15) is 14.3 Å². The Hall–Kier alpha value is -1.26. The highest BCUT2D eigenvalue weighted by molar-refractivity contribution is 5.83. The van der Waals surface area contributed by atoms with E-state index < -0.39 is 6.10 Å². The fraction of sp³-hybridized carbons (Fsp3) is 0.588. The molecule has 1 N–H and O–H groups in total. The van der Waals surface area contributed by atoms with Crippen LogP contribution in [0.2, 0.25) is 0 Å². The number of ketones is 1. The lowest BCUT2D eigenvalue weighted by Gasteiger charge is -2.42. The number of piperidine rings is 1. The molecule has 1 aromatic carbocycles. The molecule has 5 atom stereocenters. The van der Waals surface area contributed by atoms with E-state index in [1.54, 1.807) is 12.1 Å². The minimum Gasteiger partial charge on any atom is -0.391 e. The third-order valence-electron chi connectivity index (χ3n) is 5.30. The van der Waals surface area contributed by atoms with Crippen molar-refractivity contribution in [1.82, 2.24) is 4.90 Å². The fourth-order valence-corrected chi connectivity index (χ4v) is 4.24. The number of hydrogen-bond acceptors (Lipinski definition) is 3. The van der Waals surface area contributed by atoms with Gasteiger partial charge in [0.2, 0.25) is 0 Å². The second-order valence-electron chi connectivity index (χ2n) is 6.35. The van der Waals surface area contributed by atoms with Crippen LogP contribution in [-0.2, 0) is 4.79 Å². The molecule has 114 valence electrons. The predicted molar refractivity (Wildman–Crippen MR) is 78.5 cm³/mol. The van der Waals surface area contributed by atoms with Crippen molar-refractivity contribution in [3.63, 3.8) is 0 Å². The van der Waals surface area contributed by atoms with Crippen LogP contribution in [0.4, 0.5) is 4.39 Å². The van der Waals surface area contributed by atoms with Crippen molar-refractivity contribution in [2.75, 3.05) is 7.05 Å². The number of benzene rings is 1. The third kappa shape index (κ3) is 2.40. The molecule has 4 heteroatoms. The number of halogens is 1. The number of Topliss-reactive ketones (excluding diaryl/α,β-unsaturated/α-hetero) is 1. The van der Waals surface area contributed by atoms with E-state index >= 15 is 0 Å². The van der Waals surface area contributed by atoms with Crippen LogP contribution in [0.3, 0.4) is 0 Å². The molecule has 0 aromatic heterocycles. The van der Waals surface area contributed by atoms with Crippen molar-refractivity contribution in [1.29, 1.82) is 0 Å². The molecule has 2 bridgehead atoms. The zero-order chi connectivity index (χ0) is 15.1. The molecule has 0 radical (unpaired) electrons. The van der Waals surface area contributed by atoms with Crippen LogP contribution in [-0.4, -0.2) is 41.0 Å². The Kier molecular flexibility index (Phi) is 3.84. The molecule has 1 aromatic rings. The summed E-state index contributed by atoms with van der Waals surface area (Å²) in [7, 11) is 2.00. The Morgan fingerprint density at radius 2 is 2.00 bits per heavy atom. The number of aliphatic hydroxyl groups is 1. The lowest BCUT2D eigenvalue weighted by atomic mass is 9.73. The minimum absolute atomic E-state index is 0.0846. The summed E-state index contributed by atoms with van der Waals surface area (Å²) in [4.78, 5) is 14.7. The van der Waals surface area contributed by atoms with Gasteiger partial charge < -0.3 is 5.11 Å². The Morgan fingerprint density at radius 3 is 2.62 bits per heavy atom. The highest BCUT2D eigenvalue weighted by Crippen LogP contribution is 2.46. The summed E-state index contributed by atoms with van der Waals surface area (Å²) in [6.45, 7) is 1.87. The van der Waals surface area contributed by atoms with Crippen LogP contribution < -0.4 is 0 Å². The molecule has 2 heterocycles. The van der Waals surface area contributed by atoms with Crippen LogP contribution >= 0.6 is 0 Å². The van der Waals surface area contributed by atoms with E-state index in [1.165, 1.54) is 12.1 Å². The topological polar surface area (TPSA) is 40.5 Å². The van der Waals surface area contributed by atoms with Gasteiger partial charge in [0.15, 0.2) is 0 Å². The summed E-state index contributed by atoms with van der Waals surface area (Å²) in [6, 6.07) is 6.69. The molecule has 2 unspecified atom stereocenters. The maximum Gasteiger partial charge on any atom is 0.137 e. The summed E-state index contributed by atoms with van der Waals surface area (Å²) < 4.78 is 13.2. The van der Waals surface area contributed by atoms with Gasteiger partial charge in [-0.3, -0.25) is 9.69 Å². The number of nitrogens with zero attached hydrogens (tertiary/aromatic N) is 1. The first-order valence-electron chi connectivity index (χ1n) is 7.71. The number of aliphatic hydroxyl groups excluding tert-OH is 1. The number of rotatable bonds is 3. The van der Waals surface area contributed by atoms with E-state index in [0.29, 0.717) is 12.5 Å². The first-order valence-corrected chi connectivity index (χ1v) is 7.71. The summed E-state index contributed by atoms with van der Waals surface area (Å²) in [5.74, 6) is -0.172. The molecular formula is C17H22FNO2. The monoisotopic (exact) mass is 291 g/mol. The Balaban J connectivity index is 1.98. The zero-order valence-corrected chi connectivity index (χ0v) is 12.5. The number of likely N-dealkylation sites (N-methyl/N-ethyl adjacent to an activating group) is 1. The van der Waals surface area contributed by atoms with Gasteiger partial charge in [-0.05, 0) is 43.5 Å². The van der Waals surface area contributed by atoms with Crippen molar-refractivity contribution in [3.8, 4) is 0 Å². The van der Waals surface area contributed by atoms with Gasteiger partial charge in [0.05, 0.1) is 6.10 Å². The van der Waals surface area contributed by atoms with E-state index in [2.05, 4.69) is 4.90 Å². The van der Waals surface area contributed by atoms with Crippen LogP contribution in [0.1, 0.15) is 37.7 Å². The Morgan fingerprint density at radius 1 is 1.33 bits per heavy atom. The second-order valence-corrected chi connectivity index (χ2v) is 6.35. The molecule has 2 aliphatic rings. The van der Waals surface area contributed by atoms with Gasteiger partial charge in [-0.1, -0.05) is 19.1 Å². The number of hydrogen-bond donors (Lipinski definition) is 1. The van der Waals surface area contributed by atoms with Crippen LogP contribution in [0.5, 0.6) is 0 Å². The normalized spacial score (nSPS) is 35.9. The van der Waals surface area contributed by atoms with Crippen molar-refractivity contribution in [2.45, 2.75) is 50.3 Å². The molecule has 2 saturated heterocycles. The van der Waals surface area contributed by atoms with E-state index in [0.717, 1.165) is 18.4 Å². The summed E-state index contributed by atoms with van der Waals surface area (Å²) in [5, 5.41) is 10.3. The van der Waals surface area contributed by atoms with E-state index in [4.69, 9.17) is 0 Å². The van der Waals surface area contributed by atoms with Crippen molar-refractivity contribution < 1.29 is 14.3 Å². The first-order chi connectivity index (χ1) is 10.0. The first kappa shape index (κ1) is 14.7. The Bertz CT molecular complexity index is 530. The van der Waals surface area contributed by atoms with Crippen LogP contribution in [0.25, 0.3) is 0 Å². The lowest BCUT2D eigenvalue weighted by Crippen LogP contribution is -2.51. The molecule has 0 amide bonds. The predicted octanol–water partition coefficient (Wildman–Crippen LogP) is 2.34. The molecule has 0 spiro atoms. The van der Waals surface area contributed by atoms with Crippen molar-refractivity contribution in [2.24, 2.45) is 5.92 Å². The van der Waals surface area contributed by atoms with Gasteiger partial charge in [0.1, 0.15) is 11.6 Å². The quantitative estimate of drug-likeness (QED) is 0.929. The SMILES string of the molecule is CCC(=O)[C@H]1[C@H](c2ccc(F)cc2)CC2CC(O)[C@@H]1N2C. The van der Waals surface area contributed by atoms with Crippen LogP contribution in [0, 0.1) is 11.7 Å². The molecule has 3 rings (SSSR count). The molecule has 0 saturated carbocycles. The van der Waals surface area contributed by atoms with Gasteiger partial charge in [0.25, 0.3) is 0 Å². The fourth-order valence-electron chi connectivity index (χ4n) is 4.24. The summed E-state index contributed by atoms with van der Waals surface area (Å²) in [6.07, 6.45) is 1.62. The van der Waals surface area contributed by atoms with Gasteiger partial charge in [-0.2, -0.15) is 0 Å². The van der Waals surface area contributed by atoms with Crippen LogP contribution in [0.15, 0.2) is 24.3 Å². The van der Waals surface area contributed by atoms with Gasteiger partial charge in [-0.15, -0.1) is 0 Å². The summed E-state index contributed by atoms with van der Waals surface area (Å²) in [5.41, 5.74) is 1.01. The maximum absolute atomic E-state index is 13.2. The van der Waals surface area contributed by atoms with Gasteiger partial charge in [-0.25, -0.2) is 4.39 Å². The van der Waals surface area contributed by atoms with E-state index in [1.807, 2.05) is 14.0 Å². The smallest absolute Gasteiger partial charge is 0.137 e. The lowest BCUT2D eigenvalue weighted by molar-refractivity contribution is -0.128. The molecule has 21 heavy (non-hydrogen) atoms. The zero-order valence-electron chi connectivity index (χ0n) is 12.5. The average Bonchev–Trinajstić information content (AvgIpc) is 2.66. The largest absolute Gasteiger partial charge is 0.391 e. The standard InChI is InChI=1S/C17H22FNO2/c1-3-14(20)16-13(10-4-6-11(18)7-5-10)8-12-9-15(21)17(16)19(12)2/h4-7,12-13,15-17,21H,3,8-9H2,1-2H3/t12?,13-,15?,16+,17-/m0/s1. The highest BCUT2D eigenvalue weighted by Gasteiger charge is 2.52. The Labute approximate surface area is 124 Å². The molecule has 0 aliphatic carbocycles. The van der Waals surface area contributed by atoms with Gasteiger partial charge in [0, 0.05) is 24.4 Å². The molecule has 3 nitrogen and oxygen atoms in total. The third-order valence-corrected chi connectivity index (χ3v) is 5.30. The van der Waals surface area contributed by atoms with Gasteiger partial charge >= 0.3 is 0 Å². The van der Waals surface area contributed by atoms with Crippen molar-refractivity contribution >= 4 is 5.78 Å². The average molecular weight is 291 g/mol. The molecule has 2 aliphatic heterocycles.